The second-order valence-electron chi connectivity index (χ2n) is 16.9. The molecule has 0 radical (unpaired) electrons. The molecule has 65 heavy (non-hydrogen) atoms. The smallest absolute Gasteiger partial charge is 0.143 e. The Hall–Kier alpha value is -8.66. The van der Waals surface area contributed by atoms with E-state index in [-0.39, 0.29) is 0 Å². The molecular formula is C62H40N2O. The minimum Gasteiger partial charge on any atom is -0.455 e. The molecule has 3 nitrogen and oxygen atoms in total. The zero-order valence-electron chi connectivity index (χ0n) is 35.4. The van der Waals surface area contributed by atoms with Crippen LogP contribution in [0.4, 0.5) is 17.1 Å². The van der Waals surface area contributed by atoms with Crippen LogP contribution in [0.15, 0.2) is 247 Å². The van der Waals surface area contributed by atoms with E-state index in [0.29, 0.717) is 0 Å². The van der Waals surface area contributed by atoms with Gasteiger partial charge in [0.25, 0.3) is 0 Å². The molecule has 0 saturated carbocycles. The highest BCUT2D eigenvalue weighted by molar-refractivity contribution is 6.19. The molecule has 0 saturated heterocycles. The van der Waals surface area contributed by atoms with E-state index in [0.717, 1.165) is 72.3 Å². The van der Waals surface area contributed by atoms with Gasteiger partial charge in [-0.05, 0) is 128 Å². The third kappa shape index (κ3) is 6.20. The van der Waals surface area contributed by atoms with E-state index in [4.69, 9.17) is 4.42 Å². The first kappa shape index (κ1) is 36.9. The number of hydrogen-bond acceptors (Lipinski definition) is 2. The minimum absolute atomic E-state index is 0.887. The maximum absolute atomic E-state index is 6.62. The SMILES string of the molecule is c1cc(-c2cccc3oc4c5ccccc5ccc4c23)cc(N(c2ccc(-c3cccc(-n4c5ccccc5c5ccccc54)c3)cc2)c2ccc(-c3ccc4ccccc4c3)cc2)c1. The first-order valence-electron chi connectivity index (χ1n) is 22.2. The summed E-state index contributed by atoms with van der Waals surface area (Å²) in [4.78, 5) is 2.37. The van der Waals surface area contributed by atoms with E-state index in [1.165, 1.54) is 49.1 Å². The number of rotatable bonds is 7. The van der Waals surface area contributed by atoms with Crippen molar-refractivity contribution in [2.45, 2.75) is 0 Å². The van der Waals surface area contributed by atoms with Crippen LogP contribution in [-0.4, -0.2) is 4.57 Å². The Labute approximate surface area is 376 Å². The van der Waals surface area contributed by atoms with Gasteiger partial charge in [0.1, 0.15) is 11.2 Å². The van der Waals surface area contributed by atoms with Crippen molar-refractivity contribution in [1.82, 2.24) is 4.57 Å². The van der Waals surface area contributed by atoms with Crippen molar-refractivity contribution >= 4 is 82.4 Å². The first-order valence-corrected chi connectivity index (χ1v) is 22.2. The van der Waals surface area contributed by atoms with E-state index in [9.17, 15) is 0 Å². The molecule has 0 spiro atoms. The van der Waals surface area contributed by atoms with Gasteiger partial charge in [0.05, 0.1) is 11.0 Å². The van der Waals surface area contributed by atoms with Crippen molar-refractivity contribution in [2.75, 3.05) is 4.90 Å². The van der Waals surface area contributed by atoms with Crippen molar-refractivity contribution in [3.05, 3.63) is 243 Å². The largest absolute Gasteiger partial charge is 0.455 e. The molecule has 0 fully saturated rings. The molecule has 0 aliphatic heterocycles. The highest BCUT2D eigenvalue weighted by Crippen LogP contribution is 2.43. The number of nitrogens with zero attached hydrogens (tertiary/aromatic N) is 2. The quantitative estimate of drug-likeness (QED) is 0.160. The standard InChI is InChI=1S/C62H40N2O/c1-2-14-45-38-47(27-26-41(45)12-1)43-30-35-50(36-31-43)63(51-17-10-16-48(40-51)53-22-11-25-60-61(53)57-37-32-44-13-3-4-19-54(44)62(57)65-60)49-33-28-42(29-34-49)46-15-9-18-52(39-46)64-58-23-7-5-20-55(58)56-21-6-8-24-59(56)64/h1-40H. The Morgan fingerprint density at radius 2 is 0.892 bits per heavy atom. The lowest BCUT2D eigenvalue weighted by Gasteiger charge is -2.26. The molecule has 0 amide bonds. The van der Waals surface area contributed by atoms with Gasteiger partial charge in [0.2, 0.25) is 0 Å². The third-order valence-electron chi connectivity index (χ3n) is 13.2. The Morgan fingerprint density at radius 1 is 0.323 bits per heavy atom. The molecule has 13 rings (SSSR count). The lowest BCUT2D eigenvalue weighted by Crippen LogP contribution is -2.10. The van der Waals surface area contributed by atoms with Crippen LogP contribution in [-0.2, 0) is 0 Å². The molecule has 304 valence electrons. The fourth-order valence-electron chi connectivity index (χ4n) is 10.1. The highest BCUT2D eigenvalue weighted by atomic mass is 16.3. The number of para-hydroxylation sites is 2. The molecule has 0 aliphatic carbocycles. The molecule has 0 unspecified atom stereocenters. The van der Waals surface area contributed by atoms with E-state index < -0.39 is 0 Å². The molecule has 0 bridgehead atoms. The summed E-state index contributed by atoms with van der Waals surface area (Å²) >= 11 is 0. The summed E-state index contributed by atoms with van der Waals surface area (Å²) in [7, 11) is 0. The molecule has 2 aromatic heterocycles. The molecule has 0 atom stereocenters. The Kier molecular flexibility index (Phi) is 8.53. The monoisotopic (exact) mass is 828 g/mol. The molecule has 3 heteroatoms. The first-order chi connectivity index (χ1) is 32.2. The van der Waals surface area contributed by atoms with E-state index >= 15 is 0 Å². The van der Waals surface area contributed by atoms with Gasteiger partial charge in [-0.25, -0.2) is 0 Å². The van der Waals surface area contributed by atoms with Crippen LogP contribution in [0.1, 0.15) is 0 Å². The predicted molar refractivity (Wildman–Crippen MR) is 274 cm³/mol. The van der Waals surface area contributed by atoms with Crippen LogP contribution in [0.5, 0.6) is 0 Å². The molecule has 0 N–H and O–H groups in total. The summed E-state index contributed by atoms with van der Waals surface area (Å²) in [5, 5.41) is 9.55. The summed E-state index contributed by atoms with van der Waals surface area (Å²) in [5.74, 6) is 0. The Morgan fingerprint density at radius 3 is 1.63 bits per heavy atom. The van der Waals surface area contributed by atoms with Crippen molar-refractivity contribution in [3.63, 3.8) is 0 Å². The lowest BCUT2D eigenvalue weighted by atomic mass is 9.97. The van der Waals surface area contributed by atoms with Gasteiger partial charge in [-0.1, -0.05) is 164 Å². The third-order valence-corrected chi connectivity index (χ3v) is 13.2. The van der Waals surface area contributed by atoms with Crippen LogP contribution in [0.3, 0.4) is 0 Å². The predicted octanol–water partition coefficient (Wildman–Crippen LogP) is 17.5. The fraction of sp³-hybridized carbons (Fsp3) is 0. The van der Waals surface area contributed by atoms with Gasteiger partial charge < -0.3 is 13.9 Å². The molecule has 13 aromatic rings. The van der Waals surface area contributed by atoms with Crippen LogP contribution >= 0.6 is 0 Å². The van der Waals surface area contributed by atoms with E-state index in [2.05, 4.69) is 252 Å². The van der Waals surface area contributed by atoms with Crippen molar-refractivity contribution in [3.8, 4) is 39.1 Å². The summed E-state index contributed by atoms with van der Waals surface area (Å²) < 4.78 is 9.00. The minimum atomic E-state index is 0.887. The average Bonchev–Trinajstić information content (AvgIpc) is 3.94. The van der Waals surface area contributed by atoms with Crippen LogP contribution in [0.2, 0.25) is 0 Å². The van der Waals surface area contributed by atoms with Gasteiger partial charge in [-0.2, -0.15) is 0 Å². The fourth-order valence-corrected chi connectivity index (χ4v) is 10.1. The van der Waals surface area contributed by atoms with Gasteiger partial charge in [0, 0.05) is 49.7 Å². The average molecular weight is 829 g/mol. The molecule has 2 heterocycles. The van der Waals surface area contributed by atoms with Gasteiger partial charge in [0.15, 0.2) is 0 Å². The zero-order chi connectivity index (χ0) is 42.8. The second kappa shape index (κ2) is 15.0. The molecule has 11 aromatic carbocycles. The highest BCUT2D eigenvalue weighted by Gasteiger charge is 2.19. The summed E-state index contributed by atoms with van der Waals surface area (Å²) in [6.07, 6.45) is 0. The lowest BCUT2D eigenvalue weighted by molar-refractivity contribution is 0.673. The topological polar surface area (TPSA) is 21.3 Å². The zero-order valence-corrected chi connectivity index (χ0v) is 35.4. The van der Waals surface area contributed by atoms with Crippen LogP contribution < -0.4 is 4.90 Å². The van der Waals surface area contributed by atoms with Gasteiger partial charge >= 0.3 is 0 Å². The summed E-state index contributed by atoms with van der Waals surface area (Å²) in [5.41, 5.74) is 15.5. The molecule has 0 aliphatic rings. The number of hydrogen-bond donors (Lipinski definition) is 0. The number of furan rings is 1. The summed E-state index contributed by atoms with van der Waals surface area (Å²) in [6.45, 7) is 0. The number of fused-ring (bicyclic) bond motifs is 9. The van der Waals surface area contributed by atoms with Crippen molar-refractivity contribution in [2.24, 2.45) is 0 Å². The van der Waals surface area contributed by atoms with Gasteiger partial charge in [-0.15, -0.1) is 0 Å². The maximum atomic E-state index is 6.62. The van der Waals surface area contributed by atoms with Crippen molar-refractivity contribution < 1.29 is 4.42 Å². The van der Waals surface area contributed by atoms with Crippen molar-refractivity contribution in [1.29, 1.82) is 0 Å². The van der Waals surface area contributed by atoms with Crippen LogP contribution in [0, 0.1) is 0 Å². The van der Waals surface area contributed by atoms with E-state index in [1.54, 1.807) is 0 Å². The van der Waals surface area contributed by atoms with Crippen LogP contribution in [0.25, 0.3) is 104 Å². The van der Waals surface area contributed by atoms with E-state index in [1.807, 2.05) is 0 Å². The Balaban J connectivity index is 0.918. The molecular weight excluding hydrogens is 789 g/mol. The maximum Gasteiger partial charge on any atom is 0.143 e. The number of benzene rings is 11. The Bertz CT molecular complexity index is 3900. The number of anilines is 3. The van der Waals surface area contributed by atoms with Gasteiger partial charge in [-0.3, -0.25) is 0 Å². The second-order valence-corrected chi connectivity index (χ2v) is 16.9. The summed E-state index contributed by atoms with van der Waals surface area (Å²) in [6, 6.07) is 87.7. The normalized spacial score (nSPS) is 11.7. The number of aromatic nitrogens is 1.